The van der Waals surface area contributed by atoms with Crippen LogP contribution in [-0.4, -0.2) is 31.9 Å². The number of nitrogens with one attached hydrogen (secondary N) is 1. The third kappa shape index (κ3) is 5.05. The SMILES string of the molecule is COc1c(OC(=O)CC(C)=O)cc2c(c1OC)-c1ccc(C)c(=O)cc1C(NC(C)=O)CC2. The van der Waals surface area contributed by atoms with E-state index in [9.17, 15) is 19.2 Å². The molecule has 0 fully saturated rings. The lowest BCUT2D eigenvalue weighted by atomic mass is 9.95. The van der Waals surface area contributed by atoms with Gasteiger partial charge in [0, 0.05) is 12.5 Å². The third-order valence-electron chi connectivity index (χ3n) is 5.52. The molecule has 2 aromatic rings. The van der Waals surface area contributed by atoms with E-state index in [-0.39, 0.29) is 35.0 Å². The highest BCUT2D eigenvalue weighted by Gasteiger charge is 2.30. The molecule has 1 unspecified atom stereocenters. The van der Waals surface area contributed by atoms with Crippen LogP contribution in [-0.2, 0) is 20.8 Å². The lowest BCUT2D eigenvalue weighted by Crippen LogP contribution is -2.26. The molecule has 8 nitrogen and oxygen atoms in total. The van der Waals surface area contributed by atoms with E-state index in [0.29, 0.717) is 40.8 Å². The standard InChI is InChI=1S/C25H27NO7/c1-13-6-8-17-18(12-20(13)29)19(26-15(3)28)9-7-16-11-21(33-22(30)10-14(2)27)24(31-4)25(32-5)23(16)17/h6,8,11-12,19H,7,9-10H2,1-5H3,(H,26,28). The Labute approximate surface area is 191 Å². The third-order valence-corrected chi connectivity index (χ3v) is 5.52. The maximum atomic E-state index is 12.6. The first kappa shape index (κ1) is 24.0. The molecule has 33 heavy (non-hydrogen) atoms. The molecule has 1 amide bonds. The number of carbonyl (C=O) groups excluding carboxylic acids is 3. The number of amides is 1. The second kappa shape index (κ2) is 9.85. The minimum absolute atomic E-state index is 0.139. The molecule has 1 atom stereocenters. The van der Waals surface area contributed by atoms with Gasteiger partial charge in [-0.05, 0) is 61.1 Å². The molecule has 174 valence electrons. The Kier molecular flexibility index (Phi) is 7.16. The van der Waals surface area contributed by atoms with E-state index < -0.39 is 12.0 Å². The molecule has 0 radical (unpaired) electrons. The van der Waals surface area contributed by atoms with E-state index in [0.717, 1.165) is 5.56 Å². The van der Waals surface area contributed by atoms with Crippen LogP contribution in [0.25, 0.3) is 11.1 Å². The second-order valence-corrected chi connectivity index (χ2v) is 8.01. The molecule has 0 spiro atoms. The van der Waals surface area contributed by atoms with Crippen molar-refractivity contribution in [1.29, 1.82) is 0 Å². The Morgan fingerprint density at radius 3 is 2.36 bits per heavy atom. The molecule has 1 aliphatic rings. The summed E-state index contributed by atoms with van der Waals surface area (Å²) >= 11 is 0. The number of aryl methyl sites for hydroxylation is 2. The van der Waals surface area contributed by atoms with Crippen molar-refractivity contribution in [2.24, 2.45) is 0 Å². The monoisotopic (exact) mass is 453 g/mol. The number of hydrogen-bond donors (Lipinski definition) is 1. The maximum Gasteiger partial charge on any atom is 0.318 e. The van der Waals surface area contributed by atoms with E-state index >= 15 is 0 Å². The van der Waals surface area contributed by atoms with Gasteiger partial charge < -0.3 is 19.5 Å². The molecule has 0 aromatic heterocycles. The molecule has 0 heterocycles. The molecular formula is C25H27NO7. The molecule has 0 bridgehead atoms. The number of carbonyl (C=O) groups is 3. The molecule has 1 N–H and O–H groups in total. The molecule has 3 rings (SSSR count). The van der Waals surface area contributed by atoms with Gasteiger partial charge in [-0.25, -0.2) is 0 Å². The van der Waals surface area contributed by atoms with Gasteiger partial charge in [0.1, 0.15) is 12.2 Å². The first-order valence-electron chi connectivity index (χ1n) is 10.6. The van der Waals surface area contributed by atoms with Crippen LogP contribution in [0, 0.1) is 6.92 Å². The van der Waals surface area contributed by atoms with E-state index in [1.54, 1.807) is 25.1 Å². The summed E-state index contributed by atoms with van der Waals surface area (Å²) in [7, 11) is 2.90. The van der Waals surface area contributed by atoms with Gasteiger partial charge in [0.25, 0.3) is 0 Å². The Balaban J connectivity index is 2.30. The highest BCUT2D eigenvalue weighted by molar-refractivity contribution is 5.95. The smallest absolute Gasteiger partial charge is 0.318 e. The summed E-state index contributed by atoms with van der Waals surface area (Å²) in [5, 5.41) is 2.94. The van der Waals surface area contributed by atoms with E-state index in [1.807, 2.05) is 6.07 Å². The van der Waals surface area contributed by atoms with Crippen LogP contribution in [0.5, 0.6) is 17.2 Å². The van der Waals surface area contributed by atoms with Crippen molar-refractivity contribution in [3.63, 3.8) is 0 Å². The van der Waals surface area contributed by atoms with E-state index in [4.69, 9.17) is 14.2 Å². The van der Waals surface area contributed by atoms with Crippen LogP contribution < -0.4 is 25.0 Å². The number of methoxy groups -OCH3 is 2. The predicted molar refractivity (Wildman–Crippen MR) is 122 cm³/mol. The fraction of sp³-hybridized carbons (Fsp3) is 0.360. The number of ether oxygens (including phenoxy) is 3. The van der Waals surface area contributed by atoms with Gasteiger partial charge in [-0.15, -0.1) is 0 Å². The Bertz CT molecular complexity index is 1190. The lowest BCUT2D eigenvalue weighted by Gasteiger charge is -2.20. The van der Waals surface area contributed by atoms with Crippen molar-refractivity contribution >= 4 is 17.7 Å². The molecule has 1 aliphatic carbocycles. The number of ketones is 1. The van der Waals surface area contributed by atoms with Gasteiger partial charge in [-0.1, -0.05) is 12.1 Å². The van der Waals surface area contributed by atoms with Crippen molar-refractivity contribution in [2.75, 3.05) is 14.2 Å². The van der Waals surface area contributed by atoms with Crippen LogP contribution in [0.2, 0.25) is 0 Å². The highest BCUT2D eigenvalue weighted by Crippen LogP contribution is 2.50. The first-order valence-corrected chi connectivity index (χ1v) is 10.6. The van der Waals surface area contributed by atoms with Crippen LogP contribution >= 0.6 is 0 Å². The van der Waals surface area contributed by atoms with Crippen LogP contribution in [0.4, 0.5) is 0 Å². The van der Waals surface area contributed by atoms with Gasteiger partial charge >= 0.3 is 5.97 Å². The molecular weight excluding hydrogens is 426 g/mol. The molecule has 8 heteroatoms. The molecule has 0 saturated carbocycles. The largest absolute Gasteiger partial charge is 0.492 e. The van der Waals surface area contributed by atoms with Crippen molar-refractivity contribution in [3.05, 3.63) is 51.2 Å². The normalized spacial score (nSPS) is 14.3. The Hall–Kier alpha value is -3.68. The minimum Gasteiger partial charge on any atom is -0.492 e. The van der Waals surface area contributed by atoms with Gasteiger partial charge in [-0.2, -0.15) is 0 Å². The summed E-state index contributed by atoms with van der Waals surface area (Å²) in [6.45, 7) is 4.47. The topological polar surface area (TPSA) is 108 Å². The molecule has 0 saturated heterocycles. The summed E-state index contributed by atoms with van der Waals surface area (Å²) in [6.07, 6.45) is 0.652. The van der Waals surface area contributed by atoms with Gasteiger partial charge in [0.15, 0.2) is 16.9 Å². The Morgan fingerprint density at radius 1 is 1.06 bits per heavy atom. The minimum atomic E-state index is -0.703. The number of esters is 1. The summed E-state index contributed by atoms with van der Waals surface area (Å²) in [4.78, 5) is 48.1. The average Bonchev–Trinajstić information content (AvgIpc) is 2.96. The number of Topliss-reactive ketones (excluding diaryl/α,β-unsaturated/α-hetero) is 1. The van der Waals surface area contributed by atoms with Crippen molar-refractivity contribution in [3.8, 4) is 28.4 Å². The zero-order chi connectivity index (χ0) is 24.3. The summed E-state index contributed by atoms with van der Waals surface area (Å²) in [5.74, 6) is -0.560. The summed E-state index contributed by atoms with van der Waals surface area (Å²) < 4.78 is 16.7. The second-order valence-electron chi connectivity index (χ2n) is 8.01. The molecule has 0 aliphatic heterocycles. The van der Waals surface area contributed by atoms with Gasteiger partial charge in [0.05, 0.1) is 20.3 Å². The number of benzene rings is 1. The van der Waals surface area contributed by atoms with Gasteiger partial charge in [0.2, 0.25) is 11.7 Å². The quantitative estimate of drug-likeness (QED) is 0.407. The van der Waals surface area contributed by atoms with E-state index in [1.165, 1.54) is 28.1 Å². The van der Waals surface area contributed by atoms with Crippen LogP contribution in [0.15, 0.2) is 29.1 Å². The lowest BCUT2D eigenvalue weighted by molar-refractivity contribution is -0.137. The van der Waals surface area contributed by atoms with Crippen LogP contribution in [0.1, 0.15) is 49.4 Å². The molecule has 2 aromatic carbocycles. The van der Waals surface area contributed by atoms with Gasteiger partial charge in [-0.3, -0.25) is 19.2 Å². The van der Waals surface area contributed by atoms with Crippen molar-refractivity contribution < 1.29 is 28.6 Å². The maximum absolute atomic E-state index is 12.6. The Morgan fingerprint density at radius 2 is 1.76 bits per heavy atom. The fourth-order valence-corrected chi connectivity index (χ4v) is 4.07. The average molecular weight is 453 g/mol. The van der Waals surface area contributed by atoms with E-state index in [2.05, 4.69) is 5.32 Å². The zero-order valence-electron chi connectivity index (χ0n) is 19.4. The van der Waals surface area contributed by atoms with Crippen LogP contribution in [0.3, 0.4) is 0 Å². The summed E-state index contributed by atoms with van der Waals surface area (Å²) in [6, 6.07) is 6.39. The highest BCUT2D eigenvalue weighted by atomic mass is 16.6. The van der Waals surface area contributed by atoms with Crippen molar-refractivity contribution in [2.45, 2.75) is 46.1 Å². The van der Waals surface area contributed by atoms with Crippen molar-refractivity contribution in [1.82, 2.24) is 5.32 Å². The fourth-order valence-electron chi connectivity index (χ4n) is 4.07. The predicted octanol–water partition coefficient (Wildman–Crippen LogP) is 3.05. The number of hydrogen-bond acceptors (Lipinski definition) is 7. The number of rotatable bonds is 6. The number of fused-ring (bicyclic) bond motifs is 3. The first-order chi connectivity index (χ1) is 15.7. The zero-order valence-corrected chi connectivity index (χ0v) is 19.4. The summed E-state index contributed by atoms with van der Waals surface area (Å²) in [5.41, 5.74) is 3.29.